The quantitative estimate of drug-likeness (QED) is 0.471. The fourth-order valence-electron chi connectivity index (χ4n) is 2.47. The Bertz CT molecular complexity index is 1090. The number of thiazole rings is 1. The van der Waals surface area contributed by atoms with E-state index >= 15 is 0 Å². The third kappa shape index (κ3) is 3.11. The number of halogens is 2. The third-order valence-corrected chi connectivity index (χ3v) is 4.89. The topological polar surface area (TPSA) is 70.7 Å². The van der Waals surface area contributed by atoms with Crippen LogP contribution in [0.5, 0.6) is 0 Å². The molecule has 0 bridgehead atoms. The first-order chi connectivity index (χ1) is 12.1. The second-order valence-corrected chi connectivity index (χ2v) is 6.86. The molecule has 2 N–H and O–H groups in total. The van der Waals surface area contributed by atoms with Gasteiger partial charge in [0, 0.05) is 28.0 Å². The van der Waals surface area contributed by atoms with Crippen LogP contribution in [-0.4, -0.2) is 20.9 Å². The van der Waals surface area contributed by atoms with Crippen molar-refractivity contribution in [3.8, 4) is 11.3 Å². The highest BCUT2D eigenvalue weighted by Crippen LogP contribution is 2.31. The van der Waals surface area contributed by atoms with Crippen LogP contribution in [0.3, 0.4) is 0 Å². The summed E-state index contributed by atoms with van der Waals surface area (Å²) in [6.45, 7) is 0. The molecular formula is C17H10Cl2N4OS. The Morgan fingerprint density at radius 1 is 1.12 bits per heavy atom. The van der Waals surface area contributed by atoms with Crippen LogP contribution >= 0.6 is 34.5 Å². The van der Waals surface area contributed by atoms with E-state index in [4.69, 9.17) is 23.2 Å². The van der Waals surface area contributed by atoms with Gasteiger partial charge in [0.1, 0.15) is 10.8 Å². The summed E-state index contributed by atoms with van der Waals surface area (Å²) in [4.78, 5) is 24.0. The summed E-state index contributed by atoms with van der Waals surface area (Å²) in [5.41, 5.74) is 2.86. The molecular weight excluding hydrogens is 379 g/mol. The van der Waals surface area contributed by atoms with Crippen molar-refractivity contribution in [3.63, 3.8) is 0 Å². The van der Waals surface area contributed by atoms with E-state index in [-0.39, 0.29) is 15.9 Å². The van der Waals surface area contributed by atoms with Gasteiger partial charge in [0.05, 0.1) is 10.7 Å². The van der Waals surface area contributed by atoms with Gasteiger partial charge in [-0.3, -0.25) is 10.1 Å². The number of hydrogen-bond acceptors (Lipinski definition) is 4. The van der Waals surface area contributed by atoms with Crippen molar-refractivity contribution >= 4 is 56.5 Å². The molecule has 4 rings (SSSR count). The number of H-pyrrole nitrogens is 1. The van der Waals surface area contributed by atoms with Gasteiger partial charge < -0.3 is 4.98 Å². The van der Waals surface area contributed by atoms with Crippen LogP contribution in [-0.2, 0) is 0 Å². The number of nitrogens with zero attached hydrogens (tertiary/aromatic N) is 2. The summed E-state index contributed by atoms with van der Waals surface area (Å²) in [7, 11) is 0. The van der Waals surface area contributed by atoms with Gasteiger partial charge in [-0.1, -0.05) is 41.4 Å². The molecule has 0 saturated carbocycles. The molecule has 1 aromatic carbocycles. The van der Waals surface area contributed by atoms with E-state index in [1.54, 1.807) is 0 Å². The summed E-state index contributed by atoms with van der Waals surface area (Å²) in [6.07, 6.45) is 1.90. The van der Waals surface area contributed by atoms with Crippen molar-refractivity contribution in [2.45, 2.75) is 0 Å². The number of benzene rings is 1. The van der Waals surface area contributed by atoms with Crippen molar-refractivity contribution in [1.29, 1.82) is 0 Å². The van der Waals surface area contributed by atoms with Crippen LogP contribution in [0.15, 0.2) is 48.0 Å². The number of pyridine rings is 1. The molecule has 0 atom stereocenters. The fourth-order valence-corrected chi connectivity index (χ4v) is 3.52. The summed E-state index contributed by atoms with van der Waals surface area (Å²) >= 11 is 13.2. The van der Waals surface area contributed by atoms with Gasteiger partial charge in [-0.15, -0.1) is 11.3 Å². The zero-order chi connectivity index (χ0) is 17.4. The number of rotatable bonds is 3. The van der Waals surface area contributed by atoms with E-state index in [9.17, 15) is 4.79 Å². The van der Waals surface area contributed by atoms with E-state index < -0.39 is 5.91 Å². The molecule has 3 aromatic heterocycles. The molecule has 0 unspecified atom stereocenters. The number of carbonyl (C=O) groups excluding carboxylic acids is 1. The first kappa shape index (κ1) is 16.1. The lowest BCUT2D eigenvalue weighted by Crippen LogP contribution is -2.14. The average Bonchev–Trinajstić information content (AvgIpc) is 3.23. The number of anilines is 1. The van der Waals surface area contributed by atoms with Gasteiger partial charge in [-0.25, -0.2) is 9.97 Å². The fraction of sp³-hybridized carbons (Fsp3) is 0. The van der Waals surface area contributed by atoms with Crippen molar-refractivity contribution in [1.82, 2.24) is 15.0 Å². The predicted octanol–water partition coefficient (Wildman–Crippen LogP) is 5.25. The Hall–Kier alpha value is -2.41. The van der Waals surface area contributed by atoms with Crippen LogP contribution < -0.4 is 5.32 Å². The van der Waals surface area contributed by atoms with Gasteiger partial charge >= 0.3 is 0 Å². The minimum Gasteiger partial charge on any atom is -0.360 e. The highest BCUT2D eigenvalue weighted by atomic mass is 35.5. The molecule has 0 aliphatic rings. The predicted molar refractivity (Wildman–Crippen MR) is 102 cm³/mol. The molecule has 8 heteroatoms. The zero-order valence-electron chi connectivity index (χ0n) is 12.6. The van der Waals surface area contributed by atoms with E-state index in [0.717, 1.165) is 22.2 Å². The Labute approximate surface area is 156 Å². The SMILES string of the molecule is O=C(Nc1nc(-c2c[nH]c3ccccc23)cs1)c1nc(Cl)ccc1Cl. The molecule has 3 heterocycles. The molecule has 25 heavy (non-hydrogen) atoms. The summed E-state index contributed by atoms with van der Waals surface area (Å²) < 4.78 is 0. The number of nitrogens with one attached hydrogen (secondary N) is 2. The largest absolute Gasteiger partial charge is 0.360 e. The minimum atomic E-state index is -0.452. The molecule has 0 radical (unpaired) electrons. The molecule has 0 spiro atoms. The number of aromatic amines is 1. The van der Waals surface area contributed by atoms with Crippen molar-refractivity contribution in [2.75, 3.05) is 5.32 Å². The van der Waals surface area contributed by atoms with E-state index in [2.05, 4.69) is 20.3 Å². The second-order valence-electron chi connectivity index (χ2n) is 5.20. The average molecular weight is 389 g/mol. The van der Waals surface area contributed by atoms with Gasteiger partial charge in [0.15, 0.2) is 5.13 Å². The monoisotopic (exact) mass is 388 g/mol. The van der Waals surface area contributed by atoms with Gasteiger partial charge in [-0.2, -0.15) is 0 Å². The summed E-state index contributed by atoms with van der Waals surface area (Å²) in [5, 5.41) is 6.57. The standard InChI is InChI=1S/C17H10Cl2N4OS/c18-11-5-6-14(19)22-15(11)16(24)23-17-21-13(8-25-17)10-7-20-12-4-2-1-3-9(10)12/h1-8,20H,(H,21,23,24). The summed E-state index contributed by atoms with van der Waals surface area (Å²) in [5.74, 6) is -0.452. The molecule has 5 nitrogen and oxygen atoms in total. The number of carbonyl (C=O) groups is 1. The van der Waals surface area contributed by atoms with E-state index in [0.29, 0.717) is 5.13 Å². The highest BCUT2D eigenvalue weighted by molar-refractivity contribution is 7.14. The maximum atomic E-state index is 12.3. The van der Waals surface area contributed by atoms with Crippen LogP contribution in [0, 0.1) is 0 Å². The van der Waals surface area contributed by atoms with Gasteiger partial charge in [-0.05, 0) is 18.2 Å². The number of para-hydroxylation sites is 1. The molecule has 4 aromatic rings. The van der Waals surface area contributed by atoms with Crippen LogP contribution in [0.4, 0.5) is 5.13 Å². The van der Waals surface area contributed by atoms with Crippen LogP contribution in [0.25, 0.3) is 22.2 Å². The zero-order valence-corrected chi connectivity index (χ0v) is 14.9. The molecule has 0 aliphatic carbocycles. The first-order valence-corrected chi connectivity index (χ1v) is 8.91. The van der Waals surface area contributed by atoms with Crippen molar-refractivity contribution in [3.05, 3.63) is 63.8 Å². The van der Waals surface area contributed by atoms with Gasteiger partial charge in [0.2, 0.25) is 0 Å². The Morgan fingerprint density at radius 2 is 1.96 bits per heavy atom. The lowest BCUT2D eigenvalue weighted by atomic mass is 10.1. The second kappa shape index (κ2) is 6.48. The number of amides is 1. The Balaban J connectivity index is 1.61. The molecule has 0 aliphatic heterocycles. The number of hydrogen-bond donors (Lipinski definition) is 2. The van der Waals surface area contributed by atoms with Crippen molar-refractivity contribution in [2.24, 2.45) is 0 Å². The summed E-state index contributed by atoms with van der Waals surface area (Å²) in [6, 6.07) is 11.0. The lowest BCUT2D eigenvalue weighted by Gasteiger charge is -2.03. The van der Waals surface area contributed by atoms with Crippen LogP contribution in [0.2, 0.25) is 10.2 Å². The maximum absolute atomic E-state index is 12.3. The molecule has 0 fully saturated rings. The van der Waals surface area contributed by atoms with Crippen LogP contribution in [0.1, 0.15) is 10.5 Å². The molecule has 124 valence electrons. The highest BCUT2D eigenvalue weighted by Gasteiger charge is 2.16. The third-order valence-electron chi connectivity index (χ3n) is 3.62. The number of fused-ring (bicyclic) bond motifs is 1. The van der Waals surface area contributed by atoms with E-state index in [1.165, 1.54) is 23.5 Å². The Morgan fingerprint density at radius 3 is 2.84 bits per heavy atom. The Kier molecular flexibility index (Phi) is 4.17. The minimum absolute atomic E-state index is 0.0676. The maximum Gasteiger partial charge on any atom is 0.277 e. The molecule has 0 saturated heterocycles. The first-order valence-electron chi connectivity index (χ1n) is 7.27. The smallest absolute Gasteiger partial charge is 0.277 e. The van der Waals surface area contributed by atoms with E-state index in [1.807, 2.05) is 35.8 Å². The van der Waals surface area contributed by atoms with Gasteiger partial charge in [0.25, 0.3) is 5.91 Å². The lowest BCUT2D eigenvalue weighted by molar-refractivity contribution is 0.102. The molecule has 1 amide bonds. The normalized spacial score (nSPS) is 11.0. The van der Waals surface area contributed by atoms with Crippen molar-refractivity contribution < 1.29 is 4.79 Å². The number of aromatic nitrogens is 3.